The van der Waals surface area contributed by atoms with E-state index in [-0.39, 0.29) is 11.6 Å². The summed E-state index contributed by atoms with van der Waals surface area (Å²) in [6.07, 6.45) is 6.55. The van der Waals surface area contributed by atoms with Crippen molar-refractivity contribution < 1.29 is 9.53 Å². The van der Waals surface area contributed by atoms with Crippen LogP contribution in [0, 0.1) is 6.92 Å². The maximum atomic E-state index is 13.6. The maximum Gasteiger partial charge on any atom is 0.252 e. The average Bonchev–Trinajstić information content (AvgIpc) is 3.48. The van der Waals surface area contributed by atoms with Crippen LogP contribution in [0.15, 0.2) is 60.9 Å². The van der Waals surface area contributed by atoms with Gasteiger partial charge in [0.2, 0.25) is 0 Å². The van der Waals surface area contributed by atoms with Crippen LogP contribution in [0.1, 0.15) is 40.7 Å². The lowest BCUT2D eigenvalue weighted by Gasteiger charge is -2.33. The van der Waals surface area contributed by atoms with E-state index in [9.17, 15) is 4.79 Å². The van der Waals surface area contributed by atoms with Crippen molar-refractivity contribution in [1.82, 2.24) is 25.4 Å². The highest BCUT2D eigenvalue weighted by atomic mass is 28.1. The van der Waals surface area contributed by atoms with Crippen LogP contribution >= 0.6 is 0 Å². The Morgan fingerprint density at radius 2 is 2.06 bits per heavy atom. The van der Waals surface area contributed by atoms with Gasteiger partial charge in [-0.05, 0) is 80.3 Å². The molecule has 1 unspecified atom stereocenters. The average molecular weight is 498 g/mol. The van der Waals surface area contributed by atoms with Crippen LogP contribution in [0.5, 0.6) is 5.75 Å². The smallest absolute Gasteiger partial charge is 0.252 e. The minimum atomic E-state index is -0.410. The molecule has 2 aromatic carbocycles. The number of benzene rings is 2. The minimum absolute atomic E-state index is 0.0647. The largest absolute Gasteiger partial charge is 0.494 e. The summed E-state index contributed by atoms with van der Waals surface area (Å²) in [6, 6.07) is 16.6. The van der Waals surface area contributed by atoms with Crippen molar-refractivity contribution >= 4 is 27.1 Å². The molecule has 184 valence electrons. The molecule has 36 heavy (non-hydrogen) atoms. The highest BCUT2D eigenvalue weighted by Crippen LogP contribution is 2.49. The standard InChI is InChI=1S/C28H31N5O2Si/c1-17-5-6-19(35-27(36)23-7-12-30-23)16-21(17)26(34)32-28(9-10-28)22-14-18(25-8-13-31-33(25)2)15-24-20(22)4-3-11-29-24/h3-6,8,11,13-16,23,27,30H,7,9-10,12H2,1-2,36H3,(H,32,34)/t23-,27?/m0/s1. The van der Waals surface area contributed by atoms with Crippen molar-refractivity contribution in [1.29, 1.82) is 0 Å². The molecule has 2 fully saturated rings. The Kier molecular flexibility index (Phi) is 5.65. The summed E-state index contributed by atoms with van der Waals surface area (Å²) in [7, 11) is 2.87. The summed E-state index contributed by atoms with van der Waals surface area (Å²) in [6.45, 7) is 3.04. The number of ether oxygens (including phenoxy) is 1. The molecule has 1 aliphatic heterocycles. The van der Waals surface area contributed by atoms with Gasteiger partial charge in [0.05, 0.1) is 32.7 Å². The molecule has 1 aliphatic carbocycles. The van der Waals surface area contributed by atoms with Crippen LogP contribution in [0.4, 0.5) is 0 Å². The van der Waals surface area contributed by atoms with E-state index in [0.717, 1.165) is 75.1 Å². The van der Waals surface area contributed by atoms with Crippen molar-refractivity contribution in [2.24, 2.45) is 7.05 Å². The van der Waals surface area contributed by atoms with Crippen molar-refractivity contribution in [3.05, 3.63) is 77.6 Å². The van der Waals surface area contributed by atoms with E-state index in [1.54, 1.807) is 6.20 Å². The van der Waals surface area contributed by atoms with Crippen molar-refractivity contribution in [3.63, 3.8) is 0 Å². The summed E-state index contributed by atoms with van der Waals surface area (Å²) < 4.78 is 8.09. The molecule has 2 atom stereocenters. The number of aromatic nitrogens is 3. The number of nitrogens with one attached hydrogen (secondary N) is 2. The lowest BCUT2D eigenvalue weighted by Crippen LogP contribution is -2.53. The zero-order valence-corrected chi connectivity index (χ0v) is 22.9. The molecule has 7 nitrogen and oxygen atoms in total. The Bertz CT molecular complexity index is 1460. The minimum Gasteiger partial charge on any atom is -0.494 e. The van der Waals surface area contributed by atoms with E-state index in [0.29, 0.717) is 11.6 Å². The van der Waals surface area contributed by atoms with Gasteiger partial charge in [0.25, 0.3) is 5.91 Å². The van der Waals surface area contributed by atoms with Gasteiger partial charge < -0.3 is 15.4 Å². The first-order chi connectivity index (χ1) is 17.4. The van der Waals surface area contributed by atoms with Gasteiger partial charge >= 0.3 is 0 Å². The molecule has 2 N–H and O–H groups in total. The van der Waals surface area contributed by atoms with Gasteiger partial charge in [0.15, 0.2) is 0 Å². The third kappa shape index (κ3) is 4.10. The van der Waals surface area contributed by atoms with Crippen molar-refractivity contribution in [2.75, 3.05) is 6.54 Å². The molecule has 3 heterocycles. The number of aryl methyl sites for hydroxylation is 2. The molecule has 1 saturated heterocycles. The first kappa shape index (κ1) is 22.9. The van der Waals surface area contributed by atoms with Crippen LogP contribution in [-0.2, 0) is 12.6 Å². The SMILES string of the molecule is Cc1ccc(OC([SiH3])[C@@H]2CCN2)cc1C(=O)NC1(c2cc(-c3ccnn3C)cc3ncccc23)CC1. The Labute approximate surface area is 213 Å². The monoisotopic (exact) mass is 497 g/mol. The first-order valence-corrected chi connectivity index (χ1v) is 13.8. The number of amides is 1. The van der Waals surface area contributed by atoms with E-state index in [4.69, 9.17) is 4.74 Å². The van der Waals surface area contributed by atoms with E-state index in [1.807, 2.05) is 55.2 Å². The molecule has 1 saturated carbocycles. The summed E-state index contributed by atoms with van der Waals surface area (Å²) in [5.41, 5.74) is 5.49. The third-order valence-corrected chi connectivity index (χ3v) is 8.70. The first-order valence-electron chi connectivity index (χ1n) is 12.6. The normalized spacial score (nSPS) is 19.0. The Morgan fingerprint density at radius 3 is 2.75 bits per heavy atom. The molecule has 4 aromatic rings. The molecule has 1 amide bonds. The number of nitrogens with zero attached hydrogens (tertiary/aromatic N) is 3. The van der Waals surface area contributed by atoms with Crippen LogP contribution in [-0.4, -0.2) is 49.2 Å². The second-order valence-corrected chi connectivity index (χ2v) is 11.3. The molecule has 0 spiro atoms. The van der Waals surface area contributed by atoms with E-state index >= 15 is 0 Å². The van der Waals surface area contributed by atoms with Gasteiger partial charge in [-0.2, -0.15) is 5.10 Å². The van der Waals surface area contributed by atoms with Crippen LogP contribution in [0.3, 0.4) is 0 Å². The lowest BCUT2D eigenvalue weighted by atomic mass is 9.94. The topological polar surface area (TPSA) is 81.1 Å². The molecule has 8 heteroatoms. The van der Waals surface area contributed by atoms with E-state index in [1.165, 1.54) is 0 Å². The highest BCUT2D eigenvalue weighted by Gasteiger charge is 2.47. The van der Waals surface area contributed by atoms with E-state index < -0.39 is 5.54 Å². The number of carbonyl (C=O) groups is 1. The van der Waals surface area contributed by atoms with Crippen LogP contribution in [0.2, 0.25) is 0 Å². The Balaban J connectivity index is 1.32. The molecule has 2 aliphatic rings. The van der Waals surface area contributed by atoms with Gasteiger partial charge in [-0.25, -0.2) is 0 Å². The number of hydrogen-bond acceptors (Lipinski definition) is 5. The molecule has 2 aromatic heterocycles. The fraction of sp³-hybridized carbons (Fsp3) is 0.321. The Hall–Kier alpha value is -3.49. The fourth-order valence-corrected chi connectivity index (χ4v) is 6.02. The zero-order valence-electron chi connectivity index (χ0n) is 20.9. The molecule has 0 bridgehead atoms. The van der Waals surface area contributed by atoms with Gasteiger partial charge in [-0.1, -0.05) is 12.1 Å². The summed E-state index contributed by atoms with van der Waals surface area (Å²) >= 11 is 0. The van der Waals surface area contributed by atoms with Gasteiger partial charge in [-0.15, -0.1) is 0 Å². The van der Waals surface area contributed by atoms with Gasteiger partial charge in [0.1, 0.15) is 5.75 Å². The number of fused-ring (bicyclic) bond motifs is 1. The van der Waals surface area contributed by atoms with E-state index in [2.05, 4.69) is 38.9 Å². The lowest BCUT2D eigenvalue weighted by molar-refractivity contribution is 0.0929. The van der Waals surface area contributed by atoms with Crippen LogP contribution in [0.25, 0.3) is 22.2 Å². The molecule has 6 rings (SSSR count). The molecule has 0 radical (unpaired) electrons. The fourth-order valence-electron chi connectivity index (χ4n) is 5.18. The van der Waals surface area contributed by atoms with Crippen LogP contribution < -0.4 is 15.4 Å². The summed E-state index contributed by atoms with van der Waals surface area (Å²) in [4.78, 5) is 18.3. The second kappa shape index (κ2) is 8.87. The number of rotatable bonds is 7. The predicted molar refractivity (Wildman–Crippen MR) is 144 cm³/mol. The summed E-state index contributed by atoms with van der Waals surface area (Å²) in [5, 5.41) is 12.2. The second-order valence-electron chi connectivity index (χ2n) is 10.1. The number of hydrogen-bond donors (Lipinski definition) is 2. The van der Waals surface area contributed by atoms with Gasteiger partial charge in [-0.3, -0.25) is 14.5 Å². The Morgan fingerprint density at radius 1 is 1.22 bits per heavy atom. The van der Waals surface area contributed by atoms with Crippen molar-refractivity contribution in [3.8, 4) is 17.0 Å². The molecular weight excluding hydrogens is 466 g/mol. The summed E-state index contributed by atoms with van der Waals surface area (Å²) in [5.74, 6) is 0.697. The zero-order chi connectivity index (χ0) is 24.9. The third-order valence-electron chi connectivity index (χ3n) is 7.66. The number of carbonyl (C=O) groups excluding carboxylic acids is 1. The van der Waals surface area contributed by atoms with Gasteiger partial charge in [0, 0.05) is 42.0 Å². The maximum absolute atomic E-state index is 13.6. The molecular formula is C28H31N5O2Si. The number of pyridine rings is 1. The quantitative estimate of drug-likeness (QED) is 0.384. The highest BCUT2D eigenvalue weighted by molar-refractivity contribution is 6.11. The predicted octanol–water partition coefficient (Wildman–Crippen LogP) is 2.80. The van der Waals surface area contributed by atoms with Crippen molar-refractivity contribution in [2.45, 2.75) is 43.5 Å².